The molecule has 0 aromatic heterocycles. The zero-order valence-electron chi connectivity index (χ0n) is 21.0. The van der Waals surface area contributed by atoms with Crippen LogP contribution in [-0.4, -0.2) is 44.2 Å². The lowest BCUT2D eigenvalue weighted by atomic mass is 10.0. The standard InChI is InChI=1S/C29H35BrO6/c1-3-4-5-6-7-8-10-22-19-26(36-29(32)21-13-15-23(30)16-14-21)28(34-20-33-2)25(22)12-9-11-24-17-18-27(31)35-24/h7-9,11-16,19,24,26,28H,3-6,10,17-18,20H2,1-2H3/b8-7-,11-9+,25-12-/t24-,26+,28-/m0/s1. The van der Waals surface area contributed by atoms with Crippen LogP contribution in [0.25, 0.3) is 0 Å². The molecule has 1 saturated heterocycles. The summed E-state index contributed by atoms with van der Waals surface area (Å²) in [4.78, 5) is 24.3. The number of allylic oxidation sites excluding steroid dienone is 4. The Balaban J connectivity index is 1.80. The number of carbonyl (C=O) groups excluding carboxylic acids is 2. The van der Waals surface area contributed by atoms with Gasteiger partial charge < -0.3 is 18.9 Å². The number of methoxy groups -OCH3 is 1. The van der Waals surface area contributed by atoms with E-state index >= 15 is 0 Å². The molecule has 0 bridgehead atoms. The zero-order chi connectivity index (χ0) is 25.8. The Morgan fingerprint density at radius 1 is 1.19 bits per heavy atom. The van der Waals surface area contributed by atoms with Gasteiger partial charge in [0.15, 0.2) is 6.10 Å². The van der Waals surface area contributed by atoms with Crippen LogP contribution in [-0.2, 0) is 23.7 Å². The van der Waals surface area contributed by atoms with Gasteiger partial charge in [-0.3, -0.25) is 4.79 Å². The Morgan fingerprint density at radius 2 is 2.00 bits per heavy atom. The van der Waals surface area contributed by atoms with Crippen molar-refractivity contribution in [3.8, 4) is 0 Å². The molecule has 194 valence electrons. The van der Waals surface area contributed by atoms with Gasteiger partial charge in [-0.25, -0.2) is 4.79 Å². The Morgan fingerprint density at radius 3 is 2.69 bits per heavy atom. The van der Waals surface area contributed by atoms with Gasteiger partial charge in [0.1, 0.15) is 19.0 Å². The number of unbranched alkanes of at least 4 members (excludes halogenated alkanes) is 3. The molecule has 2 aliphatic rings. The number of hydrogen-bond donors (Lipinski definition) is 0. The minimum atomic E-state index is -0.594. The molecule has 0 spiro atoms. The number of cyclic esters (lactones) is 1. The van der Waals surface area contributed by atoms with Gasteiger partial charge >= 0.3 is 11.9 Å². The monoisotopic (exact) mass is 558 g/mol. The molecule has 3 rings (SSSR count). The maximum atomic E-state index is 12.9. The van der Waals surface area contributed by atoms with E-state index in [2.05, 4.69) is 35.0 Å². The van der Waals surface area contributed by atoms with Gasteiger partial charge in [-0.1, -0.05) is 60.0 Å². The molecule has 6 nitrogen and oxygen atoms in total. The van der Waals surface area contributed by atoms with Crippen LogP contribution < -0.4 is 0 Å². The first-order chi connectivity index (χ1) is 17.5. The molecule has 0 unspecified atom stereocenters. The maximum Gasteiger partial charge on any atom is 0.338 e. The predicted molar refractivity (Wildman–Crippen MR) is 142 cm³/mol. The molecule has 0 saturated carbocycles. The fourth-order valence-corrected chi connectivity index (χ4v) is 4.40. The fraction of sp³-hybridized carbons (Fsp3) is 0.448. The van der Waals surface area contributed by atoms with Crippen molar-refractivity contribution in [2.45, 2.75) is 70.2 Å². The van der Waals surface area contributed by atoms with Gasteiger partial charge in [0.05, 0.1) is 5.56 Å². The van der Waals surface area contributed by atoms with Gasteiger partial charge in [0, 0.05) is 18.0 Å². The van der Waals surface area contributed by atoms with Crippen molar-refractivity contribution in [1.29, 1.82) is 0 Å². The molecule has 0 radical (unpaired) electrons. The van der Waals surface area contributed by atoms with E-state index in [9.17, 15) is 9.59 Å². The Labute approximate surface area is 222 Å². The lowest BCUT2D eigenvalue weighted by Crippen LogP contribution is -2.30. The molecule has 36 heavy (non-hydrogen) atoms. The van der Waals surface area contributed by atoms with Crippen molar-refractivity contribution < 1.29 is 28.5 Å². The van der Waals surface area contributed by atoms with Crippen molar-refractivity contribution in [2.24, 2.45) is 0 Å². The summed E-state index contributed by atoms with van der Waals surface area (Å²) in [6, 6.07) is 7.05. The molecule has 1 aromatic carbocycles. The SMILES string of the molecule is CCCCC/C=C\CC1=C[C@@H](OC(=O)c2ccc(Br)cc2)[C@@H](OCOC)/C1=C\C=C\[C@H]1CCC(=O)O1. The van der Waals surface area contributed by atoms with E-state index in [4.69, 9.17) is 18.9 Å². The first kappa shape index (κ1) is 28.1. The summed E-state index contributed by atoms with van der Waals surface area (Å²) in [7, 11) is 1.56. The smallest absolute Gasteiger partial charge is 0.338 e. The molecule has 0 amide bonds. The van der Waals surface area contributed by atoms with Crippen molar-refractivity contribution in [3.63, 3.8) is 0 Å². The van der Waals surface area contributed by atoms with Gasteiger partial charge in [0.25, 0.3) is 0 Å². The van der Waals surface area contributed by atoms with Crippen LogP contribution >= 0.6 is 15.9 Å². The molecule has 1 fully saturated rings. The summed E-state index contributed by atoms with van der Waals surface area (Å²) in [6.07, 6.45) is 17.2. The molecular formula is C29H35BrO6. The van der Waals surface area contributed by atoms with E-state index in [0.29, 0.717) is 24.8 Å². The highest BCUT2D eigenvalue weighted by Gasteiger charge is 2.35. The van der Waals surface area contributed by atoms with Gasteiger partial charge in [0.2, 0.25) is 0 Å². The number of hydrogen-bond acceptors (Lipinski definition) is 6. The van der Waals surface area contributed by atoms with Crippen LogP contribution in [0.5, 0.6) is 0 Å². The number of halogens is 1. The van der Waals surface area contributed by atoms with Crippen molar-refractivity contribution in [1.82, 2.24) is 0 Å². The molecule has 7 heteroatoms. The predicted octanol–water partition coefficient (Wildman–Crippen LogP) is 6.62. The molecular weight excluding hydrogens is 524 g/mol. The third-order valence-corrected chi connectivity index (χ3v) is 6.55. The average Bonchev–Trinajstić information content (AvgIpc) is 3.43. The number of esters is 2. The average molecular weight is 559 g/mol. The molecule has 1 aliphatic heterocycles. The lowest BCUT2D eigenvalue weighted by Gasteiger charge is -2.22. The van der Waals surface area contributed by atoms with Crippen LogP contribution in [0.3, 0.4) is 0 Å². The van der Waals surface area contributed by atoms with E-state index in [1.807, 2.05) is 24.3 Å². The van der Waals surface area contributed by atoms with Gasteiger partial charge in [-0.2, -0.15) is 0 Å². The minimum absolute atomic E-state index is 0.0618. The summed E-state index contributed by atoms with van der Waals surface area (Å²) in [5.74, 6) is -0.591. The maximum absolute atomic E-state index is 12.9. The second-order valence-electron chi connectivity index (χ2n) is 8.81. The van der Waals surface area contributed by atoms with Crippen molar-refractivity contribution >= 4 is 27.9 Å². The Bertz CT molecular complexity index is 992. The second kappa shape index (κ2) is 14.9. The van der Waals surface area contributed by atoms with E-state index in [0.717, 1.165) is 22.0 Å². The third kappa shape index (κ3) is 8.57. The van der Waals surface area contributed by atoms with Crippen molar-refractivity contribution in [2.75, 3.05) is 13.9 Å². The summed E-state index contributed by atoms with van der Waals surface area (Å²) >= 11 is 3.39. The number of ether oxygens (including phenoxy) is 4. The Hall–Kier alpha value is -2.48. The van der Waals surface area contributed by atoms with Crippen LogP contribution in [0.15, 0.2) is 76.3 Å². The van der Waals surface area contributed by atoms with Crippen LogP contribution in [0.1, 0.15) is 62.2 Å². The topological polar surface area (TPSA) is 71.1 Å². The molecule has 0 N–H and O–H groups in total. The molecule has 1 aromatic rings. The zero-order valence-corrected chi connectivity index (χ0v) is 22.6. The molecule has 1 heterocycles. The van der Waals surface area contributed by atoms with E-state index in [1.54, 1.807) is 31.4 Å². The van der Waals surface area contributed by atoms with Crippen LogP contribution in [0, 0.1) is 0 Å². The van der Waals surface area contributed by atoms with E-state index in [-0.39, 0.29) is 18.9 Å². The normalized spacial score (nSPS) is 23.1. The highest BCUT2D eigenvalue weighted by molar-refractivity contribution is 9.10. The summed E-state index contributed by atoms with van der Waals surface area (Å²) in [5.41, 5.74) is 2.42. The summed E-state index contributed by atoms with van der Waals surface area (Å²) in [5, 5.41) is 0. The Kier molecular flexibility index (Phi) is 11.7. The fourth-order valence-electron chi connectivity index (χ4n) is 4.13. The summed E-state index contributed by atoms with van der Waals surface area (Å²) in [6.45, 7) is 2.26. The van der Waals surface area contributed by atoms with E-state index < -0.39 is 18.2 Å². The molecule has 3 atom stereocenters. The quantitative estimate of drug-likeness (QED) is 0.117. The number of carbonyl (C=O) groups is 2. The first-order valence-electron chi connectivity index (χ1n) is 12.5. The largest absolute Gasteiger partial charge is 0.458 e. The van der Waals surface area contributed by atoms with Gasteiger partial charge in [-0.05, 0) is 73.2 Å². The van der Waals surface area contributed by atoms with E-state index in [1.165, 1.54) is 19.3 Å². The highest BCUT2D eigenvalue weighted by Crippen LogP contribution is 2.34. The lowest BCUT2D eigenvalue weighted by molar-refractivity contribution is -0.140. The second-order valence-corrected chi connectivity index (χ2v) is 9.72. The van der Waals surface area contributed by atoms with Crippen LogP contribution in [0.2, 0.25) is 0 Å². The summed E-state index contributed by atoms with van der Waals surface area (Å²) < 4.78 is 23.2. The molecule has 1 aliphatic carbocycles. The minimum Gasteiger partial charge on any atom is -0.458 e. The number of rotatable bonds is 13. The van der Waals surface area contributed by atoms with Crippen molar-refractivity contribution in [3.05, 3.63) is 81.9 Å². The number of benzene rings is 1. The third-order valence-electron chi connectivity index (χ3n) is 6.03. The first-order valence-corrected chi connectivity index (χ1v) is 13.3. The van der Waals surface area contributed by atoms with Crippen LogP contribution in [0.4, 0.5) is 0 Å². The van der Waals surface area contributed by atoms with Gasteiger partial charge in [-0.15, -0.1) is 0 Å². The highest BCUT2D eigenvalue weighted by atomic mass is 79.9.